The van der Waals surface area contributed by atoms with Crippen molar-refractivity contribution in [3.63, 3.8) is 0 Å². The maximum atomic E-state index is 14.7. The van der Waals surface area contributed by atoms with Gasteiger partial charge in [-0.3, -0.25) is 0 Å². The Hall–Kier alpha value is -3.11. The van der Waals surface area contributed by atoms with E-state index in [-0.39, 0.29) is 35.8 Å². The van der Waals surface area contributed by atoms with Crippen LogP contribution >= 0.6 is 0 Å². The molecule has 0 atom stereocenters. The molecule has 1 saturated heterocycles. The van der Waals surface area contributed by atoms with E-state index in [1.807, 2.05) is 6.92 Å². The van der Waals surface area contributed by atoms with Crippen molar-refractivity contribution < 1.29 is 44.9 Å². The standard InChI is InChI=1S/C24H17F7O3/c1-12-10-32-23(33-11-12)16-5-6-17(22(29)21(16)28)24(30,31)34-14-3-4-15(19(26)9-14)13-2-7-18(25)20(27)8-13/h2-9,12,23H,10-11H2,1H3. The van der Waals surface area contributed by atoms with Crippen molar-refractivity contribution in [2.45, 2.75) is 19.3 Å². The zero-order valence-corrected chi connectivity index (χ0v) is 17.6. The third-order valence-corrected chi connectivity index (χ3v) is 5.16. The van der Waals surface area contributed by atoms with Gasteiger partial charge >= 0.3 is 6.11 Å². The summed E-state index contributed by atoms with van der Waals surface area (Å²) in [6.07, 6.45) is -5.62. The second-order valence-electron chi connectivity index (χ2n) is 7.82. The van der Waals surface area contributed by atoms with E-state index in [2.05, 4.69) is 4.74 Å². The van der Waals surface area contributed by atoms with Gasteiger partial charge in [0.25, 0.3) is 0 Å². The molecule has 34 heavy (non-hydrogen) atoms. The molecule has 0 aromatic heterocycles. The van der Waals surface area contributed by atoms with E-state index < -0.39 is 52.8 Å². The zero-order valence-electron chi connectivity index (χ0n) is 17.6. The molecular formula is C24H17F7O3. The van der Waals surface area contributed by atoms with Crippen LogP contribution in [-0.4, -0.2) is 13.2 Å². The van der Waals surface area contributed by atoms with Crippen LogP contribution in [0.5, 0.6) is 5.75 Å². The number of alkyl halides is 2. The minimum Gasteiger partial charge on any atom is -0.429 e. The van der Waals surface area contributed by atoms with Crippen LogP contribution in [0.3, 0.4) is 0 Å². The number of halogens is 7. The largest absolute Gasteiger partial charge is 0.429 e. The van der Waals surface area contributed by atoms with Crippen molar-refractivity contribution in [1.82, 2.24) is 0 Å². The van der Waals surface area contributed by atoms with Crippen molar-refractivity contribution in [2.24, 2.45) is 5.92 Å². The molecule has 0 amide bonds. The first-order valence-electron chi connectivity index (χ1n) is 10.1. The van der Waals surface area contributed by atoms with E-state index in [1.54, 1.807) is 0 Å². The molecule has 180 valence electrons. The molecule has 0 saturated carbocycles. The predicted molar refractivity (Wildman–Crippen MR) is 106 cm³/mol. The second kappa shape index (κ2) is 9.27. The molecular weight excluding hydrogens is 469 g/mol. The molecule has 0 radical (unpaired) electrons. The third kappa shape index (κ3) is 4.74. The Morgan fingerprint density at radius 1 is 0.794 bits per heavy atom. The average molecular weight is 486 g/mol. The van der Waals surface area contributed by atoms with Crippen LogP contribution in [-0.2, 0) is 15.6 Å². The Kier molecular flexibility index (Phi) is 6.55. The van der Waals surface area contributed by atoms with Gasteiger partial charge in [0.1, 0.15) is 17.1 Å². The fourth-order valence-corrected chi connectivity index (χ4v) is 3.41. The first kappa shape index (κ1) is 24.0. The summed E-state index contributed by atoms with van der Waals surface area (Å²) in [5.41, 5.74) is -2.05. The quantitative estimate of drug-likeness (QED) is 0.369. The lowest BCUT2D eigenvalue weighted by Gasteiger charge is -2.28. The molecule has 1 heterocycles. The Morgan fingerprint density at radius 2 is 1.50 bits per heavy atom. The molecule has 0 unspecified atom stereocenters. The molecule has 10 heteroatoms. The Labute approximate surface area is 189 Å². The van der Waals surface area contributed by atoms with E-state index in [4.69, 9.17) is 9.47 Å². The van der Waals surface area contributed by atoms with E-state index in [0.29, 0.717) is 12.1 Å². The lowest BCUT2D eigenvalue weighted by Crippen LogP contribution is -2.27. The van der Waals surface area contributed by atoms with E-state index in [9.17, 15) is 30.7 Å². The van der Waals surface area contributed by atoms with Crippen LogP contribution in [0.25, 0.3) is 11.1 Å². The lowest BCUT2D eigenvalue weighted by atomic mass is 10.0. The van der Waals surface area contributed by atoms with Gasteiger partial charge in [0.15, 0.2) is 29.6 Å². The van der Waals surface area contributed by atoms with Crippen LogP contribution < -0.4 is 4.74 Å². The summed E-state index contributed by atoms with van der Waals surface area (Å²) >= 11 is 0. The Balaban J connectivity index is 1.57. The topological polar surface area (TPSA) is 27.7 Å². The van der Waals surface area contributed by atoms with Crippen LogP contribution in [0.1, 0.15) is 24.3 Å². The summed E-state index contributed by atoms with van der Waals surface area (Å²) in [5, 5.41) is 0. The normalized spacial score (nSPS) is 18.7. The smallest absolute Gasteiger partial charge is 0.429 e. The van der Waals surface area contributed by atoms with E-state index in [1.165, 1.54) is 0 Å². The summed E-state index contributed by atoms with van der Waals surface area (Å²) in [4.78, 5) is 0. The van der Waals surface area contributed by atoms with Crippen LogP contribution in [0.4, 0.5) is 30.7 Å². The molecule has 3 nitrogen and oxygen atoms in total. The maximum absolute atomic E-state index is 14.7. The maximum Gasteiger partial charge on any atom is 0.429 e. The van der Waals surface area contributed by atoms with Crippen molar-refractivity contribution in [3.05, 3.63) is 88.7 Å². The molecule has 3 aromatic rings. The minimum absolute atomic E-state index is 0.0371. The Bertz CT molecular complexity index is 1210. The monoisotopic (exact) mass is 486 g/mol. The van der Waals surface area contributed by atoms with Crippen molar-refractivity contribution in [3.8, 4) is 16.9 Å². The SMILES string of the molecule is CC1COC(c2ccc(C(F)(F)Oc3ccc(-c4ccc(F)c(F)c4)c(F)c3)c(F)c2F)OC1. The summed E-state index contributed by atoms with van der Waals surface area (Å²) in [7, 11) is 0. The molecule has 4 rings (SSSR count). The highest BCUT2D eigenvalue weighted by atomic mass is 19.3. The summed E-state index contributed by atoms with van der Waals surface area (Å²) < 4.78 is 114. The van der Waals surface area contributed by atoms with Gasteiger partial charge < -0.3 is 14.2 Å². The number of benzene rings is 3. The van der Waals surface area contributed by atoms with Gasteiger partial charge in [-0.15, -0.1) is 0 Å². The number of hydrogen-bond acceptors (Lipinski definition) is 3. The second-order valence-corrected chi connectivity index (χ2v) is 7.82. The van der Waals surface area contributed by atoms with Crippen molar-refractivity contribution in [1.29, 1.82) is 0 Å². The fraction of sp³-hybridized carbons (Fsp3) is 0.250. The zero-order chi connectivity index (χ0) is 24.6. The van der Waals surface area contributed by atoms with Gasteiger partial charge in [-0.25, -0.2) is 22.0 Å². The molecule has 1 aliphatic rings. The first-order valence-corrected chi connectivity index (χ1v) is 10.1. The van der Waals surface area contributed by atoms with Gasteiger partial charge in [-0.05, 0) is 35.9 Å². The Morgan fingerprint density at radius 3 is 2.15 bits per heavy atom. The van der Waals surface area contributed by atoms with Crippen LogP contribution in [0.2, 0.25) is 0 Å². The molecule has 0 aliphatic carbocycles. The van der Waals surface area contributed by atoms with Crippen LogP contribution in [0.15, 0.2) is 48.5 Å². The third-order valence-electron chi connectivity index (χ3n) is 5.16. The van der Waals surface area contributed by atoms with Gasteiger partial charge in [0, 0.05) is 23.1 Å². The molecule has 3 aromatic carbocycles. The summed E-state index contributed by atoms with van der Waals surface area (Å²) in [6.45, 7) is 2.26. The predicted octanol–water partition coefficient (Wildman–Crippen LogP) is 6.86. The van der Waals surface area contributed by atoms with Gasteiger partial charge in [-0.2, -0.15) is 8.78 Å². The lowest BCUT2D eigenvalue weighted by molar-refractivity contribution is -0.204. The first-order chi connectivity index (χ1) is 16.1. The molecule has 0 N–H and O–H groups in total. The summed E-state index contributed by atoms with van der Waals surface area (Å²) in [5.74, 6) is -7.56. The molecule has 0 spiro atoms. The minimum atomic E-state index is -4.37. The number of rotatable bonds is 5. The number of ether oxygens (including phenoxy) is 3. The highest BCUT2D eigenvalue weighted by Gasteiger charge is 2.40. The van der Waals surface area contributed by atoms with Crippen LogP contribution in [0, 0.1) is 35.0 Å². The van der Waals surface area contributed by atoms with E-state index >= 15 is 0 Å². The average Bonchev–Trinajstić information content (AvgIpc) is 2.78. The molecule has 1 aliphatic heterocycles. The number of hydrogen-bond donors (Lipinski definition) is 0. The van der Waals surface area contributed by atoms with E-state index in [0.717, 1.165) is 36.4 Å². The highest BCUT2D eigenvalue weighted by Crippen LogP contribution is 2.38. The molecule has 0 bridgehead atoms. The van der Waals surface area contributed by atoms with Gasteiger partial charge in [-0.1, -0.05) is 19.1 Å². The van der Waals surface area contributed by atoms with Gasteiger partial charge in [0.05, 0.1) is 13.2 Å². The van der Waals surface area contributed by atoms with Gasteiger partial charge in [0.2, 0.25) is 0 Å². The molecule has 1 fully saturated rings. The fourth-order valence-electron chi connectivity index (χ4n) is 3.41. The van der Waals surface area contributed by atoms with Crippen molar-refractivity contribution >= 4 is 0 Å². The summed E-state index contributed by atoms with van der Waals surface area (Å²) in [6, 6.07) is 6.66. The highest BCUT2D eigenvalue weighted by molar-refractivity contribution is 5.65. The van der Waals surface area contributed by atoms with Crippen molar-refractivity contribution in [2.75, 3.05) is 13.2 Å².